The molecule has 0 bridgehead atoms. The lowest BCUT2D eigenvalue weighted by Gasteiger charge is -2.16. The Kier molecular flexibility index (Phi) is 3.09. The Labute approximate surface area is 98.5 Å². The summed E-state index contributed by atoms with van der Waals surface area (Å²) in [6.07, 6.45) is 6.43. The minimum Gasteiger partial charge on any atom is -0.392 e. The molecule has 1 saturated carbocycles. The first kappa shape index (κ1) is 10.9. The summed E-state index contributed by atoms with van der Waals surface area (Å²) in [6, 6.07) is -0.206. The average molecular weight is 236 g/mol. The summed E-state index contributed by atoms with van der Waals surface area (Å²) in [7, 11) is 0. The zero-order valence-electron chi connectivity index (χ0n) is 8.59. The summed E-state index contributed by atoms with van der Waals surface area (Å²) in [5, 5.41) is 2.81. The van der Waals surface area contributed by atoms with Crippen LogP contribution in [0.15, 0.2) is 18.7 Å². The van der Waals surface area contributed by atoms with Crippen molar-refractivity contribution in [1.29, 1.82) is 0 Å². The molecule has 0 aromatic carbocycles. The van der Waals surface area contributed by atoms with Gasteiger partial charge in [-0.25, -0.2) is 9.97 Å². The van der Waals surface area contributed by atoms with Gasteiger partial charge >= 0.3 is 0 Å². The summed E-state index contributed by atoms with van der Waals surface area (Å²) in [6.45, 7) is 0. The van der Waals surface area contributed by atoms with Crippen molar-refractivity contribution in [1.82, 2.24) is 15.3 Å². The molecule has 5 nitrogen and oxygen atoms in total. The molecule has 1 amide bonds. The van der Waals surface area contributed by atoms with Crippen LogP contribution in [0.4, 0.5) is 0 Å². The quantitative estimate of drug-likeness (QED) is 0.733. The number of carbonyl (C=O) groups excluding carboxylic acids is 1. The summed E-state index contributed by atoms with van der Waals surface area (Å²) in [4.78, 5) is 19.7. The molecule has 6 heteroatoms. The van der Waals surface area contributed by atoms with Crippen LogP contribution >= 0.6 is 12.2 Å². The number of rotatable bonds is 4. The Morgan fingerprint density at radius 2 is 2.12 bits per heavy atom. The van der Waals surface area contributed by atoms with Gasteiger partial charge in [0.05, 0.1) is 16.6 Å². The van der Waals surface area contributed by atoms with Crippen molar-refractivity contribution in [2.75, 3.05) is 0 Å². The van der Waals surface area contributed by atoms with E-state index < -0.39 is 0 Å². The third-order valence-electron chi connectivity index (χ3n) is 2.51. The van der Waals surface area contributed by atoms with Crippen LogP contribution in [0.5, 0.6) is 0 Å². The highest BCUT2D eigenvalue weighted by Crippen LogP contribution is 2.32. The monoisotopic (exact) mass is 236 g/mol. The van der Waals surface area contributed by atoms with E-state index >= 15 is 0 Å². The zero-order valence-corrected chi connectivity index (χ0v) is 9.41. The highest BCUT2D eigenvalue weighted by atomic mass is 32.1. The molecule has 16 heavy (non-hydrogen) atoms. The lowest BCUT2D eigenvalue weighted by molar-refractivity contribution is 0.0943. The number of aromatic nitrogens is 2. The molecule has 1 fully saturated rings. The number of nitrogens with two attached hydrogens (primary N) is 1. The second-order valence-corrected chi connectivity index (χ2v) is 4.29. The number of nitrogens with zero attached hydrogens (tertiary/aromatic N) is 2. The van der Waals surface area contributed by atoms with E-state index in [9.17, 15) is 4.79 Å². The Morgan fingerprint density at radius 3 is 2.62 bits per heavy atom. The largest absolute Gasteiger partial charge is 0.392 e. The van der Waals surface area contributed by atoms with Gasteiger partial charge in [0.25, 0.3) is 5.91 Å². The van der Waals surface area contributed by atoms with E-state index in [1.54, 1.807) is 0 Å². The smallest absolute Gasteiger partial charge is 0.254 e. The topological polar surface area (TPSA) is 80.9 Å². The van der Waals surface area contributed by atoms with Crippen LogP contribution in [0.2, 0.25) is 0 Å². The highest BCUT2D eigenvalue weighted by molar-refractivity contribution is 7.80. The maximum Gasteiger partial charge on any atom is 0.254 e. The third-order valence-corrected chi connectivity index (χ3v) is 2.76. The van der Waals surface area contributed by atoms with Gasteiger partial charge in [-0.1, -0.05) is 12.2 Å². The van der Waals surface area contributed by atoms with E-state index in [1.165, 1.54) is 18.7 Å². The van der Waals surface area contributed by atoms with Crippen molar-refractivity contribution in [3.05, 3.63) is 24.3 Å². The number of carbonyl (C=O) groups is 1. The molecule has 0 spiro atoms. The number of nitrogens with one attached hydrogen (secondary N) is 1. The van der Waals surface area contributed by atoms with Crippen LogP contribution < -0.4 is 11.1 Å². The summed E-state index contributed by atoms with van der Waals surface area (Å²) < 4.78 is 0. The molecular weight excluding hydrogens is 224 g/mol. The predicted octanol–water partition coefficient (Wildman–Crippen LogP) is 0.271. The number of hydrogen-bond donors (Lipinski definition) is 2. The summed E-state index contributed by atoms with van der Waals surface area (Å²) >= 11 is 4.93. The average Bonchev–Trinajstić information content (AvgIpc) is 3.10. The fraction of sp³-hybridized carbons (Fsp3) is 0.400. The van der Waals surface area contributed by atoms with Gasteiger partial charge in [0.1, 0.15) is 6.33 Å². The minimum atomic E-state index is -0.231. The van der Waals surface area contributed by atoms with Crippen LogP contribution in [0.25, 0.3) is 0 Å². The molecule has 3 N–H and O–H groups in total. The van der Waals surface area contributed by atoms with E-state index in [2.05, 4.69) is 15.3 Å². The van der Waals surface area contributed by atoms with E-state index in [0.29, 0.717) is 16.5 Å². The number of thiocarbonyl (C=S) groups is 1. The molecule has 1 heterocycles. The molecule has 1 unspecified atom stereocenters. The lowest BCUT2D eigenvalue weighted by atomic mass is 10.1. The van der Waals surface area contributed by atoms with Crippen LogP contribution in [-0.2, 0) is 0 Å². The van der Waals surface area contributed by atoms with E-state index in [4.69, 9.17) is 18.0 Å². The van der Waals surface area contributed by atoms with Gasteiger partial charge in [-0.15, -0.1) is 0 Å². The standard InChI is InChI=1S/C10H12N4OS/c11-9(16)8(6-1-2-6)14-10(15)7-3-12-5-13-4-7/h3-6,8H,1-2H2,(H2,11,16)(H,14,15). The maximum absolute atomic E-state index is 11.8. The van der Waals surface area contributed by atoms with Gasteiger partial charge in [0.2, 0.25) is 0 Å². The van der Waals surface area contributed by atoms with Gasteiger partial charge in [-0.2, -0.15) is 0 Å². The van der Waals surface area contributed by atoms with Crippen molar-refractivity contribution in [3.8, 4) is 0 Å². The lowest BCUT2D eigenvalue weighted by Crippen LogP contribution is -2.45. The Bertz CT molecular complexity index is 405. The Balaban J connectivity index is 2.03. The molecule has 2 rings (SSSR count). The molecule has 1 aliphatic carbocycles. The van der Waals surface area contributed by atoms with Gasteiger partial charge in [-0.05, 0) is 18.8 Å². The van der Waals surface area contributed by atoms with Gasteiger partial charge in [0.15, 0.2) is 0 Å². The molecule has 0 saturated heterocycles. The SMILES string of the molecule is NC(=S)C(NC(=O)c1cncnc1)C1CC1. The van der Waals surface area contributed by atoms with Gasteiger partial charge in [0, 0.05) is 12.4 Å². The fourth-order valence-electron chi connectivity index (χ4n) is 1.49. The first-order chi connectivity index (χ1) is 7.68. The number of hydrogen-bond acceptors (Lipinski definition) is 4. The molecule has 1 atom stereocenters. The Morgan fingerprint density at radius 1 is 1.50 bits per heavy atom. The third kappa shape index (κ3) is 2.52. The van der Waals surface area contributed by atoms with Crippen molar-refractivity contribution in [2.24, 2.45) is 11.7 Å². The summed E-state index contributed by atoms with van der Waals surface area (Å²) in [5.41, 5.74) is 6.01. The molecule has 1 aromatic rings. The van der Waals surface area contributed by atoms with Crippen molar-refractivity contribution < 1.29 is 4.79 Å². The molecule has 84 valence electrons. The molecule has 1 aromatic heterocycles. The fourth-order valence-corrected chi connectivity index (χ4v) is 1.74. The molecule has 1 aliphatic rings. The Hall–Kier alpha value is -1.56. The van der Waals surface area contributed by atoms with Crippen LogP contribution in [0.1, 0.15) is 23.2 Å². The highest BCUT2D eigenvalue weighted by Gasteiger charge is 2.34. The second kappa shape index (κ2) is 4.52. The van der Waals surface area contributed by atoms with Gasteiger partial charge < -0.3 is 11.1 Å². The van der Waals surface area contributed by atoms with E-state index in [1.807, 2.05) is 0 Å². The van der Waals surface area contributed by atoms with Crippen molar-refractivity contribution in [3.63, 3.8) is 0 Å². The second-order valence-electron chi connectivity index (χ2n) is 3.82. The molecular formula is C10H12N4OS. The predicted molar refractivity (Wildman–Crippen MR) is 62.8 cm³/mol. The summed E-state index contributed by atoms with van der Waals surface area (Å²) in [5.74, 6) is 0.163. The van der Waals surface area contributed by atoms with Gasteiger partial charge in [-0.3, -0.25) is 4.79 Å². The zero-order chi connectivity index (χ0) is 11.5. The molecule has 0 aliphatic heterocycles. The number of amides is 1. The first-order valence-corrected chi connectivity index (χ1v) is 5.44. The molecule has 0 radical (unpaired) electrons. The van der Waals surface area contributed by atoms with Crippen molar-refractivity contribution >= 4 is 23.1 Å². The minimum absolute atomic E-state index is 0.206. The van der Waals surface area contributed by atoms with Crippen LogP contribution in [0.3, 0.4) is 0 Å². The van der Waals surface area contributed by atoms with E-state index in [-0.39, 0.29) is 11.9 Å². The maximum atomic E-state index is 11.8. The normalized spacial score (nSPS) is 16.5. The first-order valence-electron chi connectivity index (χ1n) is 5.03. The van der Waals surface area contributed by atoms with Crippen molar-refractivity contribution in [2.45, 2.75) is 18.9 Å². The van der Waals surface area contributed by atoms with Crippen LogP contribution in [-0.4, -0.2) is 26.9 Å². The van der Waals surface area contributed by atoms with E-state index in [0.717, 1.165) is 12.8 Å². The van der Waals surface area contributed by atoms with Crippen LogP contribution in [0, 0.1) is 5.92 Å².